The van der Waals surface area contributed by atoms with Gasteiger partial charge in [-0.25, -0.2) is 4.98 Å². The van der Waals surface area contributed by atoms with Gasteiger partial charge < -0.3 is 9.80 Å². The smallest absolute Gasteiger partial charge is 0.269 e. The van der Waals surface area contributed by atoms with Crippen molar-refractivity contribution in [3.8, 4) is 0 Å². The van der Waals surface area contributed by atoms with Gasteiger partial charge in [0.05, 0.1) is 10.6 Å². The van der Waals surface area contributed by atoms with Gasteiger partial charge in [-0.2, -0.15) is 0 Å². The number of nitro groups is 1. The van der Waals surface area contributed by atoms with Crippen molar-refractivity contribution in [1.82, 2.24) is 4.98 Å². The second-order valence-electron chi connectivity index (χ2n) is 7.19. The normalized spacial score (nSPS) is 18.0. The van der Waals surface area contributed by atoms with Gasteiger partial charge in [-0.1, -0.05) is 11.3 Å². The minimum Gasteiger partial charge on any atom is -0.354 e. The Kier molecular flexibility index (Phi) is 5.80. The van der Waals surface area contributed by atoms with Crippen LogP contribution in [-0.2, 0) is 0 Å². The number of azo groups is 1. The maximum atomic E-state index is 10.8. The maximum absolute atomic E-state index is 10.8. The minimum atomic E-state index is -0.413. The van der Waals surface area contributed by atoms with Crippen molar-refractivity contribution in [3.05, 3.63) is 34.4 Å². The summed E-state index contributed by atoms with van der Waals surface area (Å²) in [7, 11) is 0. The highest BCUT2D eigenvalue weighted by Gasteiger charge is 2.23. The average Bonchev–Trinajstić information content (AvgIpc) is 3.18. The molecule has 0 N–H and O–H groups in total. The summed E-state index contributed by atoms with van der Waals surface area (Å²) in [6.07, 6.45) is 7.31. The van der Waals surface area contributed by atoms with Crippen molar-refractivity contribution in [1.29, 1.82) is 0 Å². The molecule has 2 aromatic rings. The number of piperidine rings is 2. The first-order chi connectivity index (χ1) is 13.7. The molecule has 8 nitrogen and oxygen atoms in total. The second kappa shape index (κ2) is 8.64. The number of nitrogens with zero attached hydrogens (tertiary/aromatic N) is 6. The quantitative estimate of drug-likeness (QED) is 0.378. The molecule has 0 aliphatic carbocycles. The summed E-state index contributed by atoms with van der Waals surface area (Å²) in [5, 5.41) is 21.4. The van der Waals surface area contributed by atoms with E-state index in [4.69, 9.17) is 4.98 Å². The van der Waals surface area contributed by atoms with Crippen molar-refractivity contribution < 1.29 is 4.92 Å². The Morgan fingerprint density at radius 1 is 0.893 bits per heavy atom. The molecule has 4 rings (SSSR count). The highest BCUT2D eigenvalue weighted by molar-refractivity contribution is 7.19. The van der Waals surface area contributed by atoms with Gasteiger partial charge in [-0.15, -0.1) is 10.2 Å². The number of nitro benzene ring substituents is 1. The summed E-state index contributed by atoms with van der Waals surface area (Å²) in [6, 6.07) is 6.14. The predicted molar refractivity (Wildman–Crippen MR) is 112 cm³/mol. The molecule has 1 aromatic heterocycles. The standard InChI is InChI=1S/C19H24N6O2S/c26-25(27)16-9-7-15(8-10-16)21-22-18-17(23-11-3-1-4-12-23)20-19(28-18)24-13-5-2-6-14-24/h7-10H,1-6,11-14H2. The van der Waals surface area contributed by atoms with E-state index in [0.29, 0.717) is 5.69 Å². The Balaban J connectivity index is 1.59. The lowest BCUT2D eigenvalue weighted by Gasteiger charge is -2.27. The summed E-state index contributed by atoms with van der Waals surface area (Å²) in [5.41, 5.74) is 0.654. The molecule has 148 valence electrons. The zero-order valence-electron chi connectivity index (χ0n) is 15.8. The fourth-order valence-electron chi connectivity index (χ4n) is 3.63. The first-order valence-corrected chi connectivity index (χ1v) is 10.7. The van der Waals surface area contributed by atoms with Gasteiger partial charge in [-0.05, 0) is 50.7 Å². The van der Waals surface area contributed by atoms with Gasteiger partial charge in [0.25, 0.3) is 5.69 Å². The van der Waals surface area contributed by atoms with Gasteiger partial charge in [0.2, 0.25) is 0 Å². The van der Waals surface area contributed by atoms with Crippen molar-refractivity contribution in [2.75, 3.05) is 36.0 Å². The number of rotatable bonds is 5. The van der Waals surface area contributed by atoms with Crippen LogP contribution in [0.1, 0.15) is 38.5 Å². The Bertz CT molecular complexity index is 839. The first-order valence-electron chi connectivity index (χ1n) is 9.87. The molecule has 2 fully saturated rings. The largest absolute Gasteiger partial charge is 0.354 e. The Labute approximate surface area is 168 Å². The lowest BCUT2D eigenvalue weighted by Crippen LogP contribution is -2.31. The van der Waals surface area contributed by atoms with Crippen molar-refractivity contribution in [3.63, 3.8) is 0 Å². The fourth-order valence-corrected chi connectivity index (χ4v) is 4.60. The summed E-state index contributed by atoms with van der Waals surface area (Å²) >= 11 is 1.59. The third kappa shape index (κ3) is 4.30. The van der Waals surface area contributed by atoms with E-state index < -0.39 is 4.92 Å². The first kappa shape index (κ1) is 18.8. The third-order valence-electron chi connectivity index (χ3n) is 5.18. The molecule has 1 aromatic carbocycles. The molecule has 2 saturated heterocycles. The molecule has 0 atom stereocenters. The molecule has 28 heavy (non-hydrogen) atoms. The molecule has 2 aliphatic rings. The van der Waals surface area contributed by atoms with E-state index in [-0.39, 0.29) is 5.69 Å². The van der Waals surface area contributed by atoms with E-state index in [9.17, 15) is 10.1 Å². The molecule has 2 aliphatic heterocycles. The lowest BCUT2D eigenvalue weighted by atomic mass is 10.1. The minimum absolute atomic E-state index is 0.0538. The molecule has 0 unspecified atom stereocenters. The van der Waals surface area contributed by atoms with Gasteiger partial charge in [-0.3, -0.25) is 10.1 Å². The van der Waals surface area contributed by atoms with E-state index >= 15 is 0 Å². The zero-order valence-corrected chi connectivity index (χ0v) is 16.6. The topological polar surface area (TPSA) is 87.2 Å². The summed E-state index contributed by atoms with van der Waals surface area (Å²) < 4.78 is 0. The number of non-ortho nitro benzene ring substituents is 1. The van der Waals surface area contributed by atoms with Crippen LogP contribution in [0, 0.1) is 10.1 Å². The highest BCUT2D eigenvalue weighted by Crippen LogP contribution is 2.41. The number of hydrogen-bond acceptors (Lipinski definition) is 8. The van der Waals surface area contributed by atoms with Crippen LogP contribution >= 0.6 is 11.3 Å². The van der Waals surface area contributed by atoms with Crippen LogP contribution in [0.3, 0.4) is 0 Å². The van der Waals surface area contributed by atoms with Crippen molar-refractivity contribution in [2.24, 2.45) is 10.2 Å². The average molecular weight is 401 g/mol. The second-order valence-corrected chi connectivity index (χ2v) is 8.15. The van der Waals surface area contributed by atoms with Crippen LogP contribution in [0.15, 0.2) is 34.5 Å². The van der Waals surface area contributed by atoms with Crippen LogP contribution in [-0.4, -0.2) is 36.1 Å². The van der Waals surface area contributed by atoms with Crippen molar-refractivity contribution >= 4 is 38.7 Å². The maximum Gasteiger partial charge on any atom is 0.269 e. The summed E-state index contributed by atoms with van der Waals surface area (Å²) in [5.74, 6) is 0.927. The Morgan fingerprint density at radius 3 is 2.11 bits per heavy atom. The van der Waals surface area contributed by atoms with Crippen LogP contribution in [0.25, 0.3) is 0 Å². The molecule has 0 spiro atoms. The Hall–Kier alpha value is -2.55. The third-order valence-corrected chi connectivity index (χ3v) is 6.17. The number of thiazole rings is 1. The molecular weight excluding hydrogens is 376 g/mol. The Morgan fingerprint density at radius 2 is 1.50 bits per heavy atom. The van der Waals surface area contributed by atoms with E-state index in [1.807, 2.05) is 0 Å². The zero-order chi connectivity index (χ0) is 19.3. The SMILES string of the molecule is O=[N+]([O-])c1ccc(N=Nc2sc(N3CCCCC3)nc2N2CCCCC2)cc1. The van der Waals surface area contributed by atoms with E-state index in [0.717, 1.165) is 42.1 Å². The number of benzene rings is 1. The van der Waals surface area contributed by atoms with Crippen LogP contribution in [0.5, 0.6) is 0 Å². The van der Waals surface area contributed by atoms with Gasteiger partial charge in [0, 0.05) is 38.3 Å². The van der Waals surface area contributed by atoms with Gasteiger partial charge in [0.1, 0.15) is 0 Å². The number of anilines is 2. The lowest BCUT2D eigenvalue weighted by molar-refractivity contribution is -0.384. The summed E-state index contributed by atoms with van der Waals surface area (Å²) in [6.45, 7) is 4.10. The molecule has 0 radical (unpaired) electrons. The molecule has 0 amide bonds. The number of aromatic nitrogens is 1. The predicted octanol–water partition coefficient (Wildman–Crippen LogP) is 5.45. The monoisotopic (exact) mass is 400 g/mol. The molecule has 3 heterocycles. The van der Waals surface area contributed by atoms with Crippen LogP contribution in [0.4, 0.5) is 27.3 Å². The van der Waals surface area contributed by atoms with Crippen LogP contribution in [0.2, 0.25) is 0 Å². The molecule has 9 heteroatoms. The van der Waals surface area contributed by atoms with E-state index in [2.05, 4.69) is 20.0 Å². The fraction of sp³-hybridized carbons (Fsp3) is 0.526. The van der Waals surface area contributed by atoms with Crippen molar-refractivity contribution in [2.45, 2.75) is 38.5 Å². The molecule has 0 saturated carbocycles. The number of hydrogen-bond donors (Lipinski definition) is 0. The van der Waals surface area contributed by atoms with Crippen LogP contribution < -0.4 is 9.80 Å². The molecular formula is C19H24N6O2S. The summed E-state index contributed by atoms with van der Waals surface area (Å²) in [4.78, 5) is 20.0. The van der Waals surface area contributed by atoms with E-state index in [1.54, 1.807) is 23.5 Å². The van der Waals surface area contributed by atoms with Gasteiger partial charge in [0.15, 0.2) is 16.0 Å². The molecule has 0 bridgehead atoms. The van der Waals surface area contributed by atoms with Gasteiger partial charge >= 0.3 is 0 Å². The van der Waals surface area contributed by atoms with E-state index in [1.165, 1.54) is 50.7 Å². The highest BCUT2D eigenvalue weighted by atomic mass is 32.1.